The Morgan fingerprint density at radius 3 is 2.65 bits per heavy atom. The number of aromatic nitrogens is 4. The summed E-state index contributed by atoms with van der Waals surface area (Å²) in [4.78, 5) is 23.0. The first-order valence-corrected chi connectivity index (χ1v) is 6.93. The number of tetrazole rings is 1. The molecule has 1 unspecified atom stereocenters. The third-order valence-corrected chi connectivity index (χ3v) is 3.16. The van der Waals surface area contributed by atoms with Gasteiger partial charge in [-0.1, -0.05) is 12.1 Å². The van der Waals surface area contributed by atoms with E-state index in [2.05, 4.69) is 20.8 Å². The van der Waals surface area contributed by atoms with Crippen LogP contribution in [0.5, 0.6) is 0 Å². The van der Waals surface area contributed by atoms with Crippen molar-refractivity contribution >= 4 is 11.9 Å². The number of benzene rings is 1. The van der Waals surface area contributed by atoms with E-state index in [1.165, 1.54) is 18.1 Å². The van der Waals surface area contributed by atoms with Crippen molar-refractivity contribution in [1.29, 1.82) is 0 Å². The highest BCUT2D eigenvalue weighted by Gasteiger charge is 2.19. The van der Waals surface area contributed by atoms with E-state index in [4.69, 9.17) is 9.84 Å². The van der Waals surface area contributed by atoms with Gasteiger partial charge < -0.3 is 15.2 Å². The predicted molar refractivity (Wildman–Crippen MR) is 78.9 cm³/mol. The van der Waals surface area contributed by atoms with Crippen LogP contribution in [0.3, 0.4) is 0 Å². The summed E-state index contributed by atoms with van der Waals surface area (Å²) in [5.41, 5.74) is 1.53. The molecule has 1 aromatic heterocycles. The van der Waals surface area contributed by atoms with Gasteiger partial charge in [-0.25, -0.2) is 9.48 Å². The molecule has 0 fully saturated rings. The first kappa shape index (κ1) is 16.6. The van der Waals surface area contributed by atoms with E-state index < -0.39 is 12.0 Å². The van der Waals surface area contributed by atoms with Gasteiger partial charge in [0.1, 0.15) is 12.4 Å². The van der Waals surface area contributed by atoms with Gasteiger partial charge in [-0.15, -0.1) is 5.10 Å². The minimum atomic E-state index is -1.08. The Hall–Kier alpha value is -2.81. The molecule has 0 aliphatic carbocycles. The summed E-state index contributed by atoms with van der Waals surface area (Å²) in [6, 6.07) is 6.13. The van der Waals surface area contributed by atoms with Gasteiger partial charge in [0, 0.05) is 20.1 Å². The number of amides is 1. The van der Waals surface area contributed by atoms with E-state index in [0.29, 0.717) is 0 Å². The molecule has 1 aromatic carbocycles. The lowest BCUT2D eigenvalue weighted by molar-refractivity contribution is -0.142. The fourth-order valence-corrected chi connectivity index (χ4v) is 1.97. The molecule has 0 saturated carbocycles. The predicted octanol–water partition coefficient (Wildman–Crippen LogP) is -0.189. The number of ether oxygens (including phenoxy) is 1. The van der Waals surface area contributed by atoms with Crippen LogP contribution < -0.4 is 5.32 Å². The van der Waals surface area contributed by atoms with Crippen LogP contribution in [0, 0.1) is 0 Å². The number of nitrogens with zero attached hydrogens (tertiary/aromatic N) is 4. The quantitative estimate of drug-likeness (QED) is 0.692. The summed E-state index contributed by atoms with van der Waals surface area (Å²) in [6.45, 7) is 0.262. The second-order valence-electron chi connectivity index (χ2n) is 4.84. The molecule has 23 heavy (non-hydrogen) atoms. The number of hydrogen-bond donors (Lipinski definition) is 2. The second-order valence-corrected chi connectivity index (χ2v) is 4.84. The van der Waals surface area contributed by atoms with Crippen LogP contribution in [0.2, 0.25) is 0 Å². The van der Waals surface area contributed by atoms with E-state index in [1.807, 2.05) is 0 Å². The van der Waals surface area contributed by atoms with Crippen molar-refractivity contribution in [3.05, 3.63) is 36.2 Å². The number of rotatable bonds is 8. The number of methoxy groups -OCH3 is 1. The third-order valence-electron chi connectivity index (χ3n) is 3.16. The fraction of sp³-hybridized carbons (Fsp3) is 0.357. The van der Waals surface area contributed by atoms with Gasteiger partial charge in [-0.05, 0) is 28.1 Å². The normalized spacial score (nSPS) is 11.9. The first-order valence-electron chi connectivity index (χ1n) is 6.93. The van der Waals surface area contributed by atoms with Crippen LogP contribution in [0.25, 0.3) is 5.69 Å². The van der Waals surface area contributed by atoms with Crippen LogP contribution in [-0.4, -0.2) is 56.9 Å². The van der Waals surface area contributed by atoms with E-state index in [1.54, 1.807) is 24.3 Å². The summed E-state index contributed by atoms with van der Waals surface area (Å²) < 4.78 is 6.33. The average molecular weight is 319 g/mol. The molecular formula is C14H17N5O4. The highest BCUT2D eigenvalue weighted by Crippen LogP contribution is 2.08. The van der Waals surface area contributed by atoms with E-state index in [0.717, 1.165) is 11.3 Å². The molecule has 0 aliphatic rings. The maximum absolute atomic E-state index is 12.0. The number of nitrogens with one attached hydrogen (secondary N) is 1. The molecule has 9 nitrogen and oxygen atoms in total. The molecule has 0 radical (unpaired) electrons. The van der Waals surface area contributed by atoms with Gasteiger partial charge in [0.25, 0.3) is 0 Å². The first-order chi connectivity index (χ1) is 11.1. The van der Waals surface area contributed by atoms with Crippen molar-refractivity contribution in [2.45, 2.75) is 18.9 Å². The molecule has 9 heteroatoms. The van der Waals surface area contributed by atoms with Crippen molar-refractivity contribution in [2.24, 2.45) is 0 Å². The number of carbonyl (C=O) groups excluding carboxylic acids is 1. The van der Waals surface area contributed by atoms with Crippen LogP contribution in [0.4, 0.5) is 0 Å². The van der Waals surface area contributed by atoms with Crippen LogP contribution in [-0.2, 0) is 20.7 Å². The second kappa shape index (κ2) is 7.99. The Kier molecular flexibility index (Phi) is 5.75. The minimum absolute atomic E-state index is 0.0899. The van der Waals surface area contributed by atoms with Crippen molar-refractivity contribution in [3.8, 4) is 5.69 Å². The highest BCUT2D eigenvalue weighted by atomic mass is 16.5. The number of hydrogen-bond acceptors (Lipinski definition) is 6. The lowest BCUT2D eigenvalue weighted by atomic mass is 10.1. The van der Waals surface area contributed by atoms with Gasteiger partial charge >= 0.3 is 5.97 Å². The molecular weight excluding hydrogens is 302 g/mol. The minimum Gasteiger partial charge on any atom is -0.480 e. The SMILES string of the molecule is COCCC(NC(=O)Cc1ccc(-n2cnnn2)cc1)C(=O)O. The van der Waals surface area contributed by atoms with Gasteiger partial charge in [-0.3, -0.25) is 4.79 Å². The molecule has 0 saturated heterocycles. The molecule has 0 spiro atoms. The summed E-state index contributed by atoms with van der Waals surface area (Å²) in [5, 5.41) is 22.4. The van der Waals surface area contributed by atoms with E-state index in [9.17, 15) is 9.59 Å². The van der Waals surface area contributed by atoms with Crippen LogP contribution in [0.1, 0.15) is 12.0 Å². The summed E-state index contributed by atoms with van der Waals surface area (Å²) in [6.07, 6.45) is 1.78. The molecule has 0 bridgehead atoms. The fourth-order valence-electron chi connectivity index (χ4n) is 1.97. The maximum atomic E-state index is 12.0. The molecule has 2 N–H and O–H groups in total. The number of carboxylic acid groups (broad SMARTS) is 1. The number of carbonyl (C=O) groups is 2. The van der Waals surface area contributed by atoms with E-state index in [-0.39, 0.29) is 25.4 Å². The lowest BCUT2D eigenvalue weighted by Gasteiger charge is -2.14. The molecule has 1 amide bonds. The van der Waals surface area contributed by atoms with Crippen molar-refractivity contribution in [2.75, 3.05) is 13.7 Å². The number of aliphatic carboxylic acids is 1. The van der Waals surface area contributed by atoms with Crippen molar-refractivity contribution in [1.82, 2.24) is 25.5 Å². The Morgan fingerprint density at radius 1 is 1.35 bits per heavy atom. The standard InChI is InChI=1S/C14H17N5O4/c1-23-7-6-12(14(21)22)16-13(20)8-10-2-4-11(5-3-10)19-9-15-17-18-19/h2-5,9,12H,6-8H2,1H3,(H,16,20)(H,21,22). The Bertz CT molecular complexity index is 642. The molecule has 2 rings (SSSR count). The summed E-state index contributed by atoms with van der Waals surface area (Å²) in [5.74, 6) is -1.44. The van der Waals surface area contributed by atoms with Crippen LogP contribution in [0.15, 0.2) is 30.6 Å². The van der Waals surface area contributed by atoms with Crippen molar-refractivity contribution < 1.29 is 19.4 Å². The zero-order valence-electron chi connectivity index (χ0n) is 12.5. The van der Waals surface area contributed by atoms with E-state index >= 15 is 0 Å². The van der Waals surface area contributed by atoms with Gasteiger partial charge in [0.15, 0.2) is 0 Å². The Balaban J connectivity index is 1.93. The molecule has 0 aliphatic heterocycles. The molecule has 2 aromatic rings. The third kappa shape index (κ3) is 4.85. The topological polar surface area (TPSA) is 119 Å². The maximum Gasteiger partial charge on any atom is 0.326 e. The Labute approximate surface area is 132 Å². The van der Waals surface area contributed by atoms with Crippen molar-refractivity contribution in [3.63, 3.8) is 0 Å². The molecule has 1 atom stereocenters. The van der Waals surface area contributed by atoms with Gasteiger partial charge in [0.05, 0.1) is 12.1 Å². The summed E-state index contributed by atoms with van der Waals surface area (Å²) in [7, 11) is 1.48. The largest absolute Gasteiger partial charge is 0.480 e. The average Bonchev–Trinajstić information content (AvgIpc) is 3.06. The van der Waals surface area contributed by atoms with Crippen LogP contribution >= 0.6 is 0 Å². The molecule has 122 valence electrons. The van der Waals surface area contributed by atoms with Gasteiger partial charge in [-0.2, -0.15) is 0 Å². The highest BCUT2D eigenvalue weighted by molar-refractivity contribution is 5.84. The zero-order chi connectivity index (χ0) is 16.7. The lowest BCUT2D eigenvalue weighted by Crippen LogP contribution is -2.42. The zero-order valence-corrected chi connectivity index (χ0v) is 12.5. The monoisotopic (exact) mass is 319 g/mol. The smallest absolute Gasteiger partial charge is 0.326 e. The molecule has 1 heterocycles. The number of carboxylic acids is 1. The van der Waals surface area contributed by atoms with Gasteiger partial charge in [0.2, 0.25) is 5.91 Å². The summed E-state index contributed by atoms with van der Waals surface area (Å²) >= 11 is 0. The Morgan fingerprint density at radius 2 is 2.09 bits per heavy atom.